The fourth-order valence-corrected chi connectivity index (χ4v) is 6.22. The fourth-order valence-electron chi connectivity index (χ4n) is 6.22. The molecule has 10 nitrogen and oxygen atoms in total. The summed E-state index contributed by atoms with van der Waals surface area (Å²) in [7, 11) is 0. The van der Waals surface area contributed by atoms with Gasteiger partial charge in [0.1, 0.15) is 0 Å². The first kappa shape index (κ1) is 22.4. The molecule has 6 rings (SSSR count). The molecule has 2 fully saturated rings. The Bertz CT molecular complexity index is 1140. The van der Waals surface area contributed by atoms with Crippen LogP contribution in [0.25, 0.3) is 0 Å². The average Bonchev–Trinajstić information content (AvgIpc) is 3.06. The molecule has 2 aromatic carbocycles. The standard InChI is InChI=1S/C26H26N4O6/c1-3-35-21(31)25-26(22(32)36-4-2)29-15-19-11-7-8-12-20(19)16-30(26)24(34)28(25)14-18-10-6-5-9-17(18)13-27(25)23(29)33/h5-12H,3-4,13-16H2,1-2H3. The van der Waals surface area contributed by atoms with E-state index in [-0.39, 0.29) is 39.4 Å². The van der Waals surface area contributed by atoms with Crippen molar-refractivity contribution in [3.8, 4) is 0 Å². The topological polar surface area (TPSA) is 99.7 Å². The first-order valence-electron chi connectivity index (χ1n) is 12.1. The van der Waals surface area contributed by atoms with Crippen LogP contribution in [0.15, 0.2) is 48.5 Å². The maximum atomic E-state index is 14.3. The van der Waals surface area contributed by atoms with Gasteiger partial charge in [0.25, 0.3) is 11.3 Å². The van der Waals surface area contributed by atoms with E-state index in [9.17, 15) is 19.2 Å². The second kappa shape index (κ2) is 7.71. The maximum absolute atomic E-state index is 14.3. The fraction of sp³-hybridized carbons (Fsp3) is 0.385. The number of nitrogens with zero attached hydrogens (tertiary/aromatic N) is 4. The van der Waals surface area contributed by atoms with E-state index in [4.69, 9.17) is 9.47 Å². The van der Waals surface area contributed by atoms with Gasteiger partial charge in [-0.25, -0.2) is 19.2 Å². The number of esters is 2. The van der Waals surface area contributed by atoms with Gasteiger partial charge in [-0.05, 0) is 36.1 Å². The van der Waals surface area contributed by atoms with E-state index in [0.29, 0.717) is 0 Å². The van der Waals surface area contributed by atoms with Crippen LogP contribution in [0.2, 0.25) is 0 Å². The van der Waals surface area contributed by atoms with Crippen LogP contribution in [-0.4, -0.2) is 68.1 Å². The molecule has 0 atom stereocenters. The minimum Gasteiger partial charge on any atom is -0.463 e. The zero-order valence-corrected chi connectivity index (χ0v) is 20.1. The van der Waals surface area contributed by atoms with E-state index >= 15 is 0 Å². The summed E-state index contributed by atoms with van der Waals surface area (Å²) in [4.78, 5) is 62.1. The van der Waals surface area contributed by atoms with E-state index in [0.717, 1.165) is 22.3 Å². The number of rotatable bonds is 4. The molecule has 0 aliphatic carbocycles. The van der Waals surface area contributed by atoms with E-state index < -0.39 is 35.3 Å². The molecule has 4 heterocycles. The molecule has 0 N–H and O–H groups in total. The highest BCUT2D eigenvalue weighted by molar-refractivity contribution is 6.09. The molecule has 0 aromatic heterocycles. The van der Waals surface area contributed by atoms with Crippen molar-refractivity contribution in [1.29, 1.82) is 0 Å². The lowest BCUT2D eigenvalue weighted by atomic mass is 9.90. The number of amides is 4. The van der Waals surface area contributed by atoms with Gasteiger partial charge in [-0.1, -0.05) is 48.5 Å². The van der Waals surface area contributed by atoms with E-state index in [1.165, 1.54) is 19.6 Å². The predicted molar refractivity (Wildman–Crippen MR) is 125 cm³/mol. The number of hydrogen-bond donors (Lipinski definition) is 0. The molecule has 2 aromatic rings. The summed E-state index contributed by atoms with van der Waals surface area (Å²) >= 11 is 0. The number of benzene rings is 2. The van der Waals surface area contributed by atoms with Crippen LogP contribution in [0.1, 0.15) is 36.1 Å². The molecule has 0 saturated carbocycles. The summed E-state index contributed by atoms with van der Waals surface area (Å²) in [5.41, 5.74) is -0.962. The van der Waals surface area contributed by atoms with Crippen molar-refractivity contribution in [2.75, 3.05) is 13.2 Å². The Labute approximate surface area is 207 Å². The average molecular weight is 491 g/mol. The van der Waals surface area contributed by atoms with Gasteiger partial charge in [-0.3, -0.25) is 19.6 Å². The van der Waals surface area contributed by atoms with Crippen molar-refractivity contribution in [1.82, 2.24) is 19.6 Å². The SMILES string of the molecule is CCOC(=O)C12N3Cc4ccccc4CN1C(=O)N1Cc4ccccc4CN(C3=O)C12C(=O)OCC. The van der Waals surface area contributed by atoms with Gasteiger partial charge in [0.2, 0.25) is 0 Å². The Morgan fingerprint density at radius 1 is 0.639 bits per heavy atom. The molecule has 0 bridgehead atoms. The number of hydrogen-bond acceptors (Lipinski definition) is 6. The van der Waals surface area contributed by atoms with Crippen LogP contribution in [0.4, 0.5) is 9.59 Å². The van der Waals surface area contributed by atoms with Crippen molar-refractivity contribution in [3.05, 3.63) is 70.8 Å². The van der Waals surface area contributed by atoms with Gasteiger partial charge in [0, 0.05) is 0 Å². The lowest BCUT2D eigenvalue weighted by Gasteiger charge is -2.43. The van der Waals surface area contributed by atoms with Crippen molar-refractivity contribution in [2.24, 2.45) is 0 Å². The first-order valence-corrected chi connectivity index (χ1v) is 12.1. The molecule has 2 saturated heterocycles. The number of urea groups is 2. The van der Waals surface area contributed by atoms with Gasteiger partial charge < -0.3 is 9.47 Å². The number of carbonyl (C=O) groups is 4. The van der Waals surface area contributed by atoms with Crippen molar-refractivity contribution in [3.63, 3.8) is 0 Å². The summed E-state index contributed by atoms with van der Waals surface area (Å²) in [5.74, 6) is -1.66. The quantitative estimate of drug-likeness (QED) is 0.611. The highest BCUT2D eigenvalue weighted by atomic mass is 16.6. The van der Waals surface area contributed by atoms with Crippen LogP contribution < -0.4 is 0 Å². The summed E-state index contributed by atoms with van der Waals surface area (Å²) in [5, 5.41) is 0. The van der Waals surface area contributed by atoms with Gasteiger partial charge in [0.15, 0.2) is 0 Å². The maximum Gasteiger partial charge on any atom is 0.358 e. The lowest BCUT2D eigenvalue weighted by molar-refractivity contribution is -0.191. The van der Waals surface area contributed by atoms with Crippen LogP contribution in [0.5, 0.6) is 0 Å². The third kappa shape index (κ3) is 2.46. The normalized spacial score (nSPS) is 25.6. The minimum atomic E-state index is -2.06. The van der Waals surface area contributed by atoms with E-state index in [1.54, 1.807) is 13.8 Å². The lowest BCUT2D eigenvalue weighted by Crippen LogP contribution is -2.75. The minimum absolute atomic E-state index is 0.0106. The highest BCUT2D eigenvalue weighted by Gasteiger charge is 2.87. The van der Waals surface area contributed by atoms with Crippen molar-refractivity contribution in [2.45, 2.75) is 51.4 Å². The Balaban J connectivity index is 1.70. The molecule has 10 heteroatoms. The molecule has 4 amide bonds. The monoisotopic (exact) mass is 490 g/mol. The number of fused-ring (bicyclic) bond motifs is 2. The highest BCUT2D eigenvalue weighted by Crippen LogP contribution is 2.57. The van der Waals surface area contributed by atoms with Gasteiger partial charge in [-0.15, -0.1) is 0 Å². The summed E-state index contributed by atoms with van der Waals surface area (Å²) in [6.45, 7) is 3.46. The van der Waals surface area contributed by atoms with Crippen LogP contribution in [-0.2, 0) is 45.2 Å². The Kier molecular flexibility index (Phi) is 4.79. The smallest absolute Gasteiger partial charge is 0.358 e. The zero-order chi connectivity index (χ0) is 25.2. The molecular formula is C26H26N4O6. The Morgan fingerprint density at radius 2 is 0.917 bits per heavy atom. The molecular weight excluding hydrogens is 464 g/mol. The van der Waals surface area contributed by atoms with E-state index in [2.05, 4.69) is 0 Å². The van der Waals surface area contributed by atoms with Crippen molar-refractivity contribution < 1.29 is 28.7 Å². The van der Waals surface area contributed by atoms with E-state index in [1.807, 2.05) is 48.5 Å². The third-order valence-electron chi connectivity index (χ3n) is 7.64. The molecule has 0 radical (unpaired) electrons. The molecule has 4 aliphatic rings. The second-order valence-electron chi connectivity index (χ2n) is 9.23. The number of ether oxygens (including phenoxy) is 2. The Morgan fingerprint density at radius 3 is 1.17 bits per heavy atom. The third-order valence-corrected chi connectivity index (χ3v) is 7.64. The molecule has 0 unspecified atom stereocenters. The largest absolute Gasteiger partial charge is 0.463 e. The van der Waals surface area contributed by atoms with Gasteiger partial charge in [-0.2, -0.15) is 0 Å². The molecule has 186 valence electrons. The Hall–Kier alpha value is -4.08. The second-order valence-corrected chi connectivity index (χ2v) is 9.23. The zero-order valence-electron chi connectivity index (χ0n) is 20.1. The summed E-state index contributed by atoms with van der Waals surface area (Å²) < 4.78 is 11.1. The first-order chi connectivity index (χ1) is 17.4. The van der Waals surface area contributed by atoms with Crippen LogP contribution in [0, 0.1) is 0 Å². The predicted octanol–water partition coefficient (Wildman–Crippen LogP) is 2.41. The molecule has 4 aliphatic heterocycles. The van der Waals surface area contributed by atoms with Gasteiger partial charge in [0.05, 0.1) is 39.4 Å². The van der Waals surface area contributed by atoms with Gasteiger partial charge >= 0.3 is 24.0 Å². The molecule has 0 spiro atoms. The van der Waals surface area contributed by atoms with Crippen molar-refractivity contribution >= 4 is 24.0 Å². The van der Waals surface area contributed by atoms with Crippen LogP contribution in [0.3, 0.4) is 0 Å². The summed E-state index contributed by atoms with van der Waals surface area (Å²) in [6.07, 6.45) is 0. The summed E-state index contributed by atoms with van der Waals surface area (Å²) in [6, 6.07) is 13.8. The molecule has 36 heavy (non-hydrogen) atoms. The number of carbonyl (C=O) groups excluding carboxylic acids is 4. The van der Waals surface area contributed by atoms with Crippen LogP contribution >= 0.6 is 0 Å².